The Kier molecular flexibility index (Phi) is 12.1. The molecule has 0 bridgehead atoms. The lowest BCUT2D eigenvalue weighted by atomic mass is 10.1. The van der Waals surface area contributed by atoms with E-state index in [2.05, 4.69) is 20.4 Å². The molecule has 9 heteroatoms. The largest absolute Gasteiger partial charge is 0.491 e. The molecule has 0 amide bonds. The van der Waals surface area contributed by atoms with E-state index in [1.54, 1.807) is 0 Å². The molecule has 29 heavy (non-hydrogen) atoms. The van der Waals surface area contributed by atoms with Gasteiger partial charge in [0.15, 0.2) is 5.96 Å². The second kappa shape index (κ2) is 14.1. The van der Waals surface area contributed by atoms with Gasteiger partial charge >= 0.3 is 6.18 Å². The van der Waals surface area contributed by atoms with Gasteiger partial charge in [-0.25, -0.2) is 4.99 Å². The van der Waals surface area contributed by atoms with Crippen molar-refractivity contribution in [2.45, 2.75) is 39.9 Å². The Bertz CT molecular complexity index is 610. The van der Waals surface area contributed by atoms with Gasteiger partial charge in [0.2, 0.25) is 0 Å². The summed E-state index contributed by atoms with van der Waals surface area (Å²) in [6, 6.07) is 5.94. The van der Waals surface area contributed by atoms with E-state index in [9.17, 15) is 13.2 Å². The van der Waals surface area contributed by atoms with Crippen LogP contribution in [0.4, 0.5) is 13.2 Å². The zero-order valence-corrected chi connectivity index (χ0v) is 17.4. The van der Waals surface area contributed by atoms with Crippen LogP contribution < -0.4 is 15.4 Å². The molecule has 1 aromatic rings. The number of halogens is 3. The van der Waals surface area contributed by atoms with Crippen molar-refractivity contribution in [2.24, 2.45) is 4.99 Å². The van der Waals surface area contributed by atoms with Crippen molar-refractivity contribution in [3.63, 3.8) is 0 Å². The number of nitrogens with zero attached hydrogens (tertiary/aromatic N) is 1. The van der Waals surface area contributed by atoms with Crippen molar-refractivity contribution in [3.8, 4) is 5.75 Å². The summed E-state index contributed by atoms with van der Waals surface area (Å²) < 4.78 is 51.8. The molecule has 0 aliphatic heterocycles. The van der Waals surface area contributed by atoms with Crippen LogP contribution in [0, 0.1) is 6.92 Å². The topological polar surface area (TPSA) is 64.1 Å². The van der Waals surface area contributed by atoms with Crippen LogP contribution in [0.25, 0.3) is 0 Å². The van der Waals surface area contributed by atoms with Crippen LogP contribution >= 0.6 is 0 Å². The van der Waals surface area contributed by atoms with Crippen LogP contribution in [0.15, 0.2) is 23.2 Å². The third kappa shape index (κ3) is 12.2. The summed E-state index contributed by atoms with van der Waals surface area (Å²) in [5.41, 5.74) is 2.03. The number of hydrogen-bond acceptors (Lipinski definition) is 4. The van der Waals surface area contributed by atoms with E-state index in [0.29, 0.717) is 51.8 Å². The van der Waals surface area contributed by atoms with E-state index >= 15 is 0 Å². The molecule has 0 saturated carbocycles. The molecule has 0 saturated heterocycles. The predicted octanol–water partition coefficient (Wildman–Crippen LogP) is 3.43. The van der Waals surface area contributed by atoms with Gasteiger partial charge in [-0.05, 0) is 38.8 Å². The molecule has 0 aliphatic carbocycles. The standard InChI is InChI=1S/C20H32F3N3O3/c1-4-24-19(25-9-6-10-28-15-20(21,22)23)26-14-17-8-7-16(3)13-18(17)29-12-11-27-5-2/h7-8,13H,4-6,9-12,14-15H2,1-3H3,(H2,24,25,26). The molecule has 0 spiro atoms. The maximum absolute atomic E-state index is 12.0. The first-order valence-corrected chi connectivity index (χ1v) is 9.82. The molecule has 6 nitrogen and oxygen atoms in total. The average molecular weight is 419 g/mol. The molecule has 2 N–H and O–H groups in total. The summed E-state index contributed by atoms with van der Waals surface area (Å²) in [6.45, 7) is 7.84. The maximum atomic E-state index is 12.0. The van der Waals surface area contributed by atoms with Crippen LogP contribution in [-0.2, 0) is 16.0 Å². The summed E-state index contributed by atoms with van der Waals surface area (Å²) in [4.78, 5) is 4.54. The quantitative estimate of drug-likeness (QED) is 0.291. The summed E-state index contributed by atoms with van der Waals surface area (Å²) in [7, 11) is 0. The summed E-state index contributed by atoms with van der Waals surface area (Å²) in [5, 5.41) is 6.21. The van der Waals surface area contributed by atoms with Crippen LogP contribution in [0.3, 0.4) is 0 Å². The molecule has 1 rings (SSSR count). The van der Waals surface area contributed by atoms with Crippen molar-refractivity contribution in [2.75, 3.05) is 46.1 Å². The summed E-state index contributed by atoms with van der Waals surface area (Å²) in [5.74, 6) is 1.36. The maximum Gasteiger partial charge on any atom is 0.411 e. The molecular formula is C20H32F3N3O3. The highest BCUT2D eigenvalue weighted by Gasteiger charge is 2.27. The number of nitrogens with one attached hydrogen (secondary N) is 2. The second-order valence-corrected chi connectivity index (χ2v) is 6.30. The number of aliphatic imine (C=N–C) groups is 1. The zero-order valence-electron chi connectivity index (χ0n) is 17.4. The Balaban J connectivity index is 2.54. The molecule has 1 aromatic carbocycles. The van der Waals surface area contributed by atoms with Crippen molar-refractivity contribution < 1.29 is 27.4 Å². The molecule has 166 valence electrons. The van der Waals surface area contributed by atoms with Gasteiger partial charge in [0.1, 0.15) is 19.0 Å². The second-order valence-electron chi connectivity index (χ2n) is 6.30. The molecule has 0 aliphatic rings. The highest BCUT2D eigenvalue weighted by Crippen LogP contribution is 2.21. The average Bonchev–Trinajstić information content (AvgIpc) is 2.66. The zero-order chi connectivity index (χ0) is 21.5. The molecule has 0 heterocycles. The Morgan fingerprint density at radius 3 is 2.55 bits per heavy atom. The predicted molar refractivity (Wildman–Crippen MR) is 107 cm³/mol. The Morgan fingerprint density at radius 1 is 1.07 bits per heavy atom. The van der Waals surface area contributed by atoms with E-state index in [1.165, 1.54) is 0 Å². The lowest BCUT2D eigenvalue weighted by molar-refractivity contribution is -0.173. The smallest absolute Gasteiger partial charge is 0.411 e. The van der Waals surface area contributed by atoms with Crippen LogP contribution in [-0.4, -0.2) is 58.3 Å². The fraction of sp³-hybridized carbons (Fsp3) is 0.650. The van der Waals surface area contributed by atoms with Crippen LogP contribution in [0.1, 0.15) is 31.4 Å². The van der Waals surface area contributed by atoms with Gasteiger partial charge in [-0.2, -0.15) is 13.2 Å². The van der Waals surface area contributed by atoms with E-state index < -0.39 is 12.8 Å². The van der Waals surface area contributed by atoms with E-state index in [4.69, 9.17) is 9.47 Å². The molecule has 0 fully saturated rings. The first kappa shape index (κ1) is 25.0. The Hall–Kier alpha value is -2.00. The molecule has 0 aromatic heterocycles. The van der Waals surface area contributed by atoms with Crippen LogP contribution in [0.5, 0.6) is 5.75 Å². The van der Waals surface area contributed by atoms with E-state index in [1.807, 2.05) is 39.0 Å². The van der Waals surface area contributed by atoms with Crippen molar-refractivity contribution >= 4 is 5.96 Å². The van der Waals surface area contributed by atoms with Gasteiger partial charge in [-0.15, -0.1) is 0 Å². The number of aryl methyl sites for hydroxylation is 1. The molecular weight excluding hydrogens is 387 g/mol. The molecule has 0 unspecified atom stereocenters. The highest BCUT2D eigenvalue weighted by atomic mass is 19.4. The molecule has 0 atom stereocenters. The number of rotatable bonds is 13. The minimum Gasteiger partial charge on any atom is -0.491 e. The highest BCUT2D eigenvalue weighted by molar-refractivity contribution is 5.79. The van der Waals surface area contributed by atoms with Gasteiger partial charge in [-0.3, -0.25) is 0 Å². The normalized spacial score (nSPS) is 12.1. The number of alkyl halides is 3. The number of hydrogen-bond donors (Lipinski definition) is 2. The third-order valence-corrected chi connectivity index (χ3v) is 3.69. The van der Waals surface area contributed by atoms with Crippen molar-refractivity contribution in [1.29, 1.82) is 0 Å². The lowest BCUT2D eigenvalue weighted by Crippen LogP contribution is -2.38. The monoisotopic (exact) mass is 419 g/mol. The minimum atomic E-state index is -4.29. The Morgan fingerprint density at radius 2 is 1.86 bits per heavy atom. The van der Waals surface area contributed by atoms with Gasteiger partial charge in [0.25, 0.3) is 0 Å². The number of benzene rings is 1. The summed E-state index contributed by atoms with van der Waals surface area (Å²) in [6.07, 6.45) is -3.85. The Labute approximate surface area is 170 Å². The lowest BCUT2D eigenvalue weighted by Gasteiger charge is -2.14. The molecule has 0 radical (unpaired) electrons. The number of guanidine groups is 1. The fourth-order valence-electron chi connectivity index (χ4n) is 2.36. The van der Waals surface area contributed by atoms with Crippen LogP contribution in [0.2, 0.25) is 0 Å². The first-order chi connectivity index (χ1) is 13.9. The SMILES string of the molecule is CCNC(=NCc1ccc(C)cc1OCCOCC)NCCCOCC(F)(F)F. The van der Waals surface area contributed by atoms with Gasteiger partial charge in [0.05, 0.1) is 13.2 Å². The third-order valence-electron chi connectivity index (χ3n) is 3.69. The van der Waals surface area contributed by atoms with Gasteiger partial charge < -0.3 is 24.8 Å². The fourth-order valence-corrected chi connectivity index (χ4v) is 2.36. The number of ether oxygens (including phenoxy) is 3. The van der Waals surface area contributed by atoms with Crippen molar-refractivity contribution in [3.05, 3.63) is 29.3 Å². The van der Waals surface area contributed by atoms with E-state index in [-0.39, 0.29) is 6.61 Å². The van der Waals surface area contributed by atoms with E-state index in [0.717, 1.165) is 16.9 Å². The first-order valence-electron chi connectivity index (χ1n) is 9.82. The minimum absolute atomic E-state index is 0.0295. The van der Waals surface area contributed by atoms with Gasteiger partial charge in [-0.1, -0.05) is 12.1 Å². The van der Waals surface area contributed by atoms with Crippen molar-refractivity contribution in [1.82, 2.24) is 10.6 Å². The summed E-state index contributed by atoms with van der Waals surface area (Å²) >= 11 is 0. The van der Waals surface area contributed by atoms with Gasteiger partial charge in [0, 0.05) is 31.9 Å².